The number of ether oxygens (including phenoxy) is 3. The third-order valence-corrected chi connectivity index (χ3v) is 3.85. The third-order valence-electron chi connectivity index (χ3n) is 3.85. The Bertz CT molecular complexity index is 462. The molecule has 0 aliphatic heterocycles. The Morgan fingerprint density at radius 1 is 1.15 bits per heavy atom. The van der Waals surface area contributed by atoms with E-state index in [1.54, 1.807) is 25.3 Å². The van der Waals surface area contributed by atoms with Crippen LogP contribution in [-0.2, 0) is 4.74 Å². The maximum Gasteiger partial charge on any atom is 0.341 e. The first-order valence-corrected chi connectivity index (χ1v) is 7.07. The Labute approximate surface area is 120 Å². The van der Waals surface area contributed by atoms with Crippen molar-refractivity contribution in [2.75, 3.05) is 14.2 Å². The average molecular weight is 278 g/mol. The molecule has 0 saturated heterocycles. The summed E-state index contributed by atoms with van der Waals surface area (Å²) in [4.78, 5) is 11.8. The number of benzene rings is 1. The molecule has 1 aliphatic carbocycles. The molecule has 4 heteroatoms. The second kappa shape index (κ2) is 6.64. The van der Waals surface area contributed by atoms with Crippen LogP contribution in [0.15, 0.2) is 18.2 Å². The number of carbonyl (C=O) groups excluding carboxylic acids is 1. The summed E-state index contributed by atoms with van der Waals surface area (Å²) in [5.41, 5.74) is 0.422. The van der Waals surface area contributed by atoms with E-state index in [2.05, 4.69) is 6.92 Å². The van der Waals surface area contributed by atoms with Gasteiger partial charge in [-0.15, -0.1) is 0 Å². The van der Waals surface area contributed by atoms with Crippen molar-refractivity contribution in [3.63, 3.8) is 0 Å². The predicted molar refractivity (Wildman–Crippen MR) is 76.4 cm³/mol. The number of methoxy groups -OCH3 is 2. The topological polar surface area (TPSA) is 44.8 Å². The van der Waals surface area contributed by atoms with Gasteiger partial charge in [0, 0.05) is 0 Å². The highest BCUT2D eigenvalue weighted by molar-refractivity contribution is 5.93. The smallest absolute Gasteiger partial charge is 0.341 e. The van der Waals surface area contributed by atoms with E-state index in [1.807, 2.05) is 0 Å². The lowest BCUT2D eigenvalue weighted by atomic mass is 9.89. The minimum atomic E-state index is -0.400. The molecule has 0 bridgehead atoms. The van der Waals surface area contributed by atoms with Crippen LogP contribution in [0.4, 0.5) is 0 Å². The summed E-state index contributed by atoms with van der Waals surface area (Å²) in [5, 5.41) is 0. The molecule has 1 fully saturated rings. The molecule has 1 aromatic rings. The molecule has 1 aromatic carbocycles. The highest BCUT2D eigenvalue weighted by atomic mass is 16.5. The van der Waals surface area contributed by atoms with Crippen LogP contribution < -0.4 is 9.47 Å². The molecule has 2 rings (SSSR count). The first kappa shape index (κ1) is 14.7. The molecule has 0 N–H and O–H groups in total. The van der Waals surface area contributed by atoms with Crippen LogP contribution in [0, 0.1) is 5.92 Å². The molecule has 20 heavy (non-hydrogen) atoms. The van der Waals surface area contributed by atoms with Gasteiger partial charge in [-0.1, -0.05) is 13.0 Å². The highest BCUT2D eigenvalue weighted by Gasteiger charge is 2.24. The van der Waals surface area contributed by atoms with E-state index in [0.717, 1.165) is 31.6 Å². The summed E-state index contributed by atoms with van der Waals surface area (Å²) >= 11 is 0. The van der Waals surface area contributed by atoms with E-state index in [0.29, 0.717) is 17.1 Å². The molecule has 0 unspecified atom stereocenters. The summed E-state index contributed by atoms with van der Waals surface area (Å²) in [7, 11) is 2.94. The van der Waals surface area contributed by atoms with Gasteiger partial charge in [0.25, 0.3) is 0 Å². The summed E-state index contributed by atoms with van der Waals surface area (Å²) < 4.78 is 16.2. The molecule has 0 amide bonds. The molecular formula is C16H22O4. The number of hydrogen-bond donors (Lipinski definition) is 0. The Kier molecular flexibility index (Phi) is 4.88. The Morgan fingerprint density at radius 2 is 1.85 bits per heavy atom. The van der Waals surface area contributed by atoms with Crippen LogP contribution in [0.2, 0.25) is 0 Å². The zero-order chi connectivity index (χ0) is 14.5. The molecule has 1 saturated carbocycles. The first-order valence-electron chi connectivity index (χ1n) is 7.07. The van der Waals surface area contributed by atoms with E-state index in [1.165, 1.54) is 7.11 Å². The van der Waals surface area contributed by atoms with Crippen LogP contribution in [0.3, 0.4) is 0 Å². The molecule has 0 heterocycles. The summed E-state index contributed by atoms with van der Waals surface area (Å²) in [6.45, 7) is 2.26. The van der Waals surface area contributed by atoms with Gasteiger partial charge in [0.15, 0.2) is 11.5 Å². The molecule has 4 nitrogen and oxygen atoms in total. The highest BCUT2D eigenvalue weighted by Crippen LogP contribution is 2.35. The quantitative estimate of drug-likeness (QED) is 0.791. The van der Waals surface area contributed by atoms with Crippen LogP contribution in [0.25, 0.3) is 0 Å². The van der Waals surface area contributed by atoms with Gasteiger partial charge in [-0.2, -0.15) is 0 Å². The third kappa shape index (κ3) is 3.24. The van der Waals surface area contributed by atoms with Gasteiger partial charge < -0.3 is 14.2 Å². The fourth-order valence-corrected chi connectivity index (χ4v) is 2.58. The monoisotopic (exact) mass is 278 g/mol. The summed E-state index contributed by atoms with van der Waals surface area (Å²) in [6.07, 6.45) is 4.49. The van der Waals surface area contributed by atoms with Crippen LogP contribution in [0.1, 0.15) is 43.0 Å². The average Bonchev–Trinajstić information content (AvgIpc) is 2.49. The molecule has 110 valence electrons. The number of para-hydroxylation sites is 1. The van der Waals surface area contributed by atoms with Gasteiger partial charge in [0.1, 0.15) is 5.56 Å². The number of hydrogen-bond acceptors (Lipinski definition) is 4. The van der Waals surface area contributed by atoms with Gasteiger partial charge in [0.05, 0.1) is 20.3 Å². The maximum atomic E-state index is 11.8. The van der Waals surface area contributed by atoms with Crippen LogP contribution in [0.5, 0.6) is 11.5 Å². The maximum absolute atomic E-state index is 11.8. The van der Waals surface area contributed by atoms with Crippen LogP contribution >= 0.6 is 0 Å². The van der Waals surface area contributed by atoms with Gasteiger partial charge in [-0.05, 0) is 43.7 Å². The lowest BCUT2D eigenvalue weighted by Gasteiger charge is -2.28. The lowest BCUT2D eigenvalue weighted by Crippen LogP contribution is -2.24. The number of rotatable bonds is 4. The van der Waals surface area contributed by atoms with Gasteiger partial charge >= 0.3 is 5.97 Å². The Balaban J connectivity index is 2.22. The fourth-order valence-electron chi connectivity index (χ4n) is 2.58. The normalized spacial score (nSPS) is 22.1. The molecular weight excluding hydrogens is 256 g/mol. The van der Waals surface area contributed by atoms with Crippen molar-refractivity contribution < 1.29 is 19.0 Å². The number of carbonyl (C=O) groups is 1. The first-order chi connectivity index (χ1) is 9.65. The molecule has 0 atom stereocenters. The molecule has 0 aromatic heterocycles. The largest absolute Gasteiger partial charge is 0.493 e. The van der Waals surface area contributed by atoms with Crippen LogP contribution in [-0.4, -0.2) is 26.3 Å². The van der Waals surface area contributed by atoms with Crippen molar-refractivity contribution in [2.45, 2.75) is 38.7 Å². The predicted octanol–water partition coefficient (Wildman–Crippen LogP) is 3.44. The van der Waals surface area contributed by atoms with Gasteiger partial charge in [-0.3, -0.25) is 0 Å². The lowest BCUT2D eigenvalue weighted by molar-refractivity contribution is 0.0587. The van der Waals surface area contributed by atoms with Crippen molar-refractivity contribution in [3.8, 4) is 11.5 Å². The van der Waals surface area contributed by atoms with Crippen molar-refractivity contribution in [1.29, 1.82) is 0 Å². The van der Waals surface area contributed by atoms with E-state index < -0.39 is 5.97 Å². The zero-order valence-corrected chi connectivity index (χ0v) is 12.3. The molecule has 0 spiro atoms. The Hall–Kier alpha value is -1.71. The van der Waals surface area contributed by atoms with Gasteiger partial charge in [-0.25, -0.2) is 4.79 Å². The fraction of sp³-hybridized carbons (Fsp3) is 0.562. The second-order valence-corrected chi connectivity index (χ2v) is 5.33. The second-order valence-electron chi connectivity index (χ2n) is 5.33. The van der Waals surface area contributed by atoms with Crippen molar-refractivity contribution >= 4 is 5.97 Å². The van der Waals surface area contributed by atoms with Gasteiger partial charge in [0.2, 0.25) is 0 Å². The minimum Gasteiger partial charge on any atom is -0.493 e. The van der Waals surface area contributed by atoms with E-state index in [4.69, 9.17) is 14.2 Å². The van der Waals surface area contributed by atoms with Crippen molar-refractivity contribution in [1.82, 2.24) is 0 Å². The van der Waals surface area contributed by atoms with Crippen molar-refractivity contribution in [2.24, 2.45) is 5.92 Å². The SMILES string of the molecule is COC(=O)c1cccc(OC)c1OC1CCC(C)CC1. The van der Waals surface area contributed by atoms with E-state index in [-0.39, 0.29) is 6.10 Å². The van der Waals surface area contributed by atoms with E-state index in [9.17, 15) is 4.79 Å². The Morgan fingerprint density at radius 3 is 2.45 bits per heavy atom. The standard InChI is InChI=1S/C16H22O4/c1-11-7-9-12(10-8-11)20-15-13(16(17)19-3)5-4-6-14(15)18-2/h4-6,11-12H,7-10H2,1-3H3. The number of esters is 1. The minimum absolute atomic E-state index is 0.144. The summed E-state index contributed by atoms with van der Waals surface area (Å²) in [6, 6.07) is 5.27. The molecule has 1 aliphatic rings. The zero-order valence-electron chi connectivity index (χ0n) is 12.3. The molecule has 0 radical (unpaired) electrons. The van der Waals surface area contributed by atoms with Crippen molar-refractivity contribution in [3.05, 3.63) is 23.8 Å². The van der Waals surface area contributed by atoms with E-state index >= 15 is 0 Å². The summed E-state index contributed by atoms with van der Waals surface area (Å²) in [5.74, 6) is 1.43.